The summed E-state index contributed by atoms with van der Waals surface area (Å²) >= 11 is 1.43. The maximum Gasteiger partial charge on any atom is 0.407 e. The molecule has 31 heavy (non-hydrogen) atoms. The predicted octanol–water partition coefficient (Wildman–Crippen LogP) is 3.17. The molecule has 0 saturated carbocycles. The lowest BCUT2D eigenvalue weighted by Crippen LogP contribution is -2.70. The van der Waals surface area contributed by atoms with Gasteiger partial charge in [0.05, 0.1) is 0 Å². The van der Waals surface area contributed by atoms with Crippen LogP contribution in [0.25, 0.3) is 11.1 Å². The lowest BCUT2D eigenvalue weighted by molar-refractivity contribution is -0.149. The topological polar surface area (TPSA) is 95.9 Å². The molecule has 8 heteroatoms. The van der Waals surface area contributed by atoms with Gasteiger partial charge >= 0.3 is 12.1 Å². The molecule has 2 atom stereocenters. The summed E-state index contributed by atoms with van der Waals surface area (Å²) in [6, 6.07) is 15.3. The number of benzene rings is 2. The van der Waals surface area contributed by atoms with E-state index in [1.807, 2.05) is 36.4 Å². The van der Waals surface area contributed by atoms with E-state index in [1.54, 1.807) is 6.92 Å². The van der Waals surface area contributed by atoms with Gasteiger partial charge in [0.25, 0.3) is 5.91 Å². The van der Waals surface area contributed by atoms with Crippen molar-refractivity contribution in [3.8, 4) is 11.1 Å². The minimum absolute atomic E-state index is 0.0133. The molecule has 7 nitrogen and oxygen atoms in total. The van der Waals surface area contributed by atoms with Crippen LogP contribution in [0.1, 0.15) is 24.0 Å². The number of carboxylic acids is 1. The molecule has 2 aliphatic heterocycles. The molecule has 2 N–H and O–H groups in total. The van der Waals surface area contributed by atoms with E-state index in [1.165, 1.54) is 16.7 Å². The number of ether oxygens (including phenoxy) is 1. The lowest BCUT2D eigenvalue weighted by atomic mass is 9.98. The number of alkyl carbamates (subject to hydrolysis) is 1. The Balaban J connectivity index is 1.26. The molecule has 2 aromatic carbocycles. The van der Waals surface area contributed by atoms with Crippen molar-refractivity contribution >= 4 is 29.7 Å². The summed E-state index contributed by atoms with van der Waals surface area (Å²) in [4.78, 5) is 37.8. The van der Waals surface area contributed by atoms with E-state index in [-0.39, 0.29) is 18.2 Å². The second-order valence-corrected chi connectivity index (χ2v) is 8.90. The Morgan fingerprint density at radius 2 is 1.74 bits per heavy atom. The fraction of sp³-hybridized carbons (Fsp3) is 0.261. The van der Waals surface area contributed by atoms with Crippen molar-refractivity contribution in [2.45, 2.75) is 24.3 Å². The first-order valence-corrected chi connectivity index (χ1v) is 11.0. The van der Waals surface area contributed by atoms with Crippen LogP contribution in [-0.4, -0.2) is 51.8 Å². The van der Waals surface area contributed by atoms with Gasteiger partial charge in [-0.2, -0.15) is 0 Å². The third-order valence-corrected chi connectivity index (χ3v) is 7.40. The number of rotatable bonds is 4. The minimum Gasteiger partial charge on any atom is -0.477 e. The van der Waals surface area contributed by atoms with Crippen LogP contribution in [0.15, 0.2) is 59.8 Å². The summed E-state index contributed by atoms with van der Waals surface area (Å²) in [5, 5.41) is 11.6. The Kier molecular flexibility index (Phi) is 4.74. The van der Waals surface area contributed by atoms with Crippen molar-refractivity contribution in [1.29, 1.82) is 0 Å². The van der Waals surface area contributed by atoms with Crippen molar-refractivity contribution in [2.75, 3.05) is 12.4 Å². The van der Waals surface area contributed by atoms with E-state index >= 15 is 0 Å². The van der Waals surface area contributed by atoms with E-state index in [4.69, 9.17) is 4.74 Å². The molecule has 2 amide bonds. The van der Waals surface area contributed by atoms with Gasteiger partial charge in [-0.05, 0) is 34.8 Å². The second kappa shape index (κ2) is 7.46. The minimum atomic E-state index is -1.13. The highest BCUT2D eigenvalue weighted by Gasteiger charge is 2.54. The fourth-order valence-corrected chi connectivity index (χ4v) is 5.84. The Bertz CT molecular complexity index is 1100. The lowest BCUT2D eigenvalue weighted by Gasteiger charge is -2.49. The number of hydrogen-bond donors (Lipinski definition) is 2. The highest BCUT2D eigenvalue weighted by Crippen LogP contribution is 2.44. The number of nitrogens with zero attached hydrogens (tertiary/aromatic N) is 1. The molecule has 1 fully saturated rings. The van der Waals surface area contributed by atoms with Gasteiger partial charge in [-0.1, -0.05) is 48.5 Å². The van der Waals surface area contributed by atoms with Gasteiger partial charge in [0.15, 0.2) is 0 Å². The molecule has 1 saturated heterocycles. The van der Waals surface area contributed by atoms with Gasteiger partial charge in [0.2, 0.25) is 0 Å². The van der Waals surface area contributed by atoms with Crippen molar-refractivity contribution in [2.24, 2.45) is 0 Å². The smallest absolute Gasteiger partial charge is 0.407 e. The molecule has 0 spiro atoms. The number of nitrogens with one attached hydrogen (secondary N) is 1. The molecule has 2 heterocycles. The zero-order valence-electron chi connectivity index (χ0n) is 16.7. The Labute approximate surface area is 183 Å². The van der Waals surface area contributed by atoms with Crippen molar-refractivity contribution in [1.82, 2.24) is 10.2 Å². The van der Waals surface area contributed by atoms with Crippen molar-refractivity contribution < 1.29 is 24.2 Å². The molecule has 5 rings (SSSR count). The number of fused-ring (bicyclic) bond motifs is 4. The first-order valence-electron chi connectivity index (χ1n) is 9.96. The Morgan fingerprint density at radius 3 is 2.35 bits per heavy atom. The summed E-state index contributed by atoms with van der Waals surface area (Å²) in [5.41, 5.74) is 5.15. The number of β-lactam (4-membered cyclic amide) rings is 1. The summed E-state index contributed by atoms with van der Waals surface area (Å²) in [5.74, 6) is -1.13. The largest absolute Gasteiger partial charge is 0.477 e. The van der Waals surface area contributed by atoms with E-state index in [0.717, 1.165) is 22.3 Å². The van der Waals surface area contributed by atoms with Crippen LogP contribution >= 0.6 is 11.8 Å². The Morgan fingerprint density at radius 1 is 1.13 bits per heavy atom. The zero-order valence-corrected chi connectivity index (χ0v) is 17.5. The summed E-state index contributed by atoms with van der Waals surface area (Å²) in [6.45, 7) is 1.86. The molecule has 158 valence electrons. The van der Waals surface area contributed by atoms with Crippen LogP contribution in [0, 0.1) is 0 Å². The Hall–Kier alpha value is -3.26. The van der Waals surface area contributed by atoms with Crippen LogP contribution < -0.4 is 5.32 Å². The maximum absolute atomic E-state index is 12.5. The first kappa shape index (κ1) is 19.7. The van der Waals surface area contributed by atoms with Gasteiger partial charge in [-0.3, -0.25) is 9.69 Å². The van der Waals surface area contributed by atoms with Gasteiger partial charge in [0.1, 0.15) is 23.7 Å². The fourth-order valence-electron chi connectivity index (χ4n) is 4.54. The van der Waals surface area contributed by atoms with Gasteiger partial charge in [-0.15, -0.1) is 11.8 Å². The van der Waals surface area contributed by atoms with Crippen LogP contribution in [0.5, 0.6) is 0 Å². The predicted molar refractivity (Wildman–Crippen MR) is 115 cm³/mol. The number of thioether (sulfide) groups is 1. The van der Waals surface area contributed by atoms with E-state index in [0.29, 0.717) is 11.3 Å². The molecular weight excluding hydrogens is 416 g/mol. The molecule has 0 aromatic heterocycles. The molecule has 3 aliphatic rings. The van der Waals surface area contributed by atoms with Crippen LogP contribution in [0.4, 0.5) is 4.79 Å². The number of carbonyl (C=O) groups excluding carboxylic acids is 2. The van der Waals surface area contributed by atoms with E-state index < -0.39 is 29.4 Å². The monoisotopic (exact) mass is 436 g/mol. The summed E-state index contributed by atoms with van der Waals surface area (Å²) in [7, 11) is 0. The number of carbonyl (C=O) groups is 3. The van der Waals surface area contributed by atoms with Gasteiger partial charge in [0, 0.05) is 11.7 Å². The van der Waals surface area contributed by atoms with Crippen molar-refractivity contribution in [3.63, 3.8) is 0 Å². The molecule has 0 radical (unpaired) electrons. The molecule has 0 bridgehead atoms. The number of hydrogen-bond acceptors (Lipinski definition) is 5. The van der Waals surface area contributed by atoms with Gasteiger partial charge in [-0.25, -0.2) is 9.59 Å². The molecule has 0 unspecified atom stereocenters. The third kappa shape index (κ3) is 3.09. The summed E-state index contributed by atoms with van der Waals surface area (Å²) < 4.78 is 5.51. The van der Waals surface area contributed by atoms with E-state index in [2.05, 4.69) is 17.4 Å². The van der Waals surface area contributed by atoms with Crippen LogP contribution in [0.2, 0.25) is 0 Å². The quantitative estimate of drug-likeness (QED) is 0.715. The SMILES string of the molecule is CC1=C(C(=O)O)N2C(=O)[C@H](NC(=O)OCC3c4ccccc4-c4ccccc43)[C@H]2SC1. The standard InChI is InChI=1S/C23H20N2O5S/c1-12-11-31-21-18(20(26)25(21)19(12)22(27)28)24-23(29)30-10-17-15-8-4-2-6-13(15)14-7-3-5-9-16(14)17/h2-9,17-18,21H,10-11H2,1H3,(H,24,29)(H,27,28)/t18-,21+/m0/s1. The number of amides is 2. The first-order chi connectivity index (χ1) is 15.0. The number of carboxylic acid groups (broad SMARTS) is 1. The highest BCUT2D eigenvalue weighted by molar-refractivity contribution is 8.00. The van der Waals surface area contributed by atoms with Gasteiger partial charge < -0.3 is 15.2 Å². The van der Waals surface area contributed by atoms with Crippen LogP contribution in [-0.2, 0) is 14.3 Å². The maximum atomic E-state index is 12.5. The van der Waals surface area contributed by atoms with Crippen LogP contribution in [0.3, 0.4) is 0 Å². The second-order valence-electron chi connectivity index (χ2n) is 7.79. The normalized spacial score (nSPS) is 21.7. The summed E-state index contributed by atoms with van der Waals surface area (Å²) in [6.07, 6.45) is -0.677. The third-order valence-electron chi connectivity index (χ3n) is 5.98. The zero-order chi connectivity index (χ0) is 21.7. The van der Waals surface area contributed by atoms with E-state index in [9.17, 15) is 19.5 Å². The number of aliphatic carboxylic acids is 1. The average molecular weight is 436 g/mol. The molecule has 1 aliphatic carbocycles. The molecule has 2 aromatic rings. The average Bonchev–Trinajstić information content (AvgIpc) is 3.09. The van der Waals surface area contributed by atoms with Crippen molar-refractivity contribution in [3.05, 3.63) is 70.9 Å². The molecular formula is C23H20N2O5S. The highest BCUT2D eigenvalue weighted by atomic mass is 32.2.